The second kappa shape index (κ2) is 14.3. The zero-order valence-electron chi connectivity index (χ0n) is 23.7. The molecule has 1 aliphatic rings. The third-order valence-electron chi connectivity index (χ3n) is 7.16. The molecule has 2 amide bonds. The van der Waals surface area contributed by atoms with Crippen LogP contribution in [0.25, 0.3) is 0 Å². The molecule has 1 heterocycles. The normalized spacial score (nSPS) is 15.2. The first kappa shape index (κ1) is 33.2. The van der Waals surface area contributed by atoms with E-state index in [-0.39, 0.29) is 50.2 Å². The monoisotopic (exact) mass is 591 g/mol. The Kier molecular flexibility index (Phi) is 11.3. The summed E-state index contributed by atoms with van der Waals surface area (Å²) < 4.78 is 46.9. The number of fused-ring (bicyclic) bond motifs is 1. The molecular weight excluding hydrogens is 554 g/mol. The Morgan fingerprint density at radius 2 is 1.67 bits per heavy atom. The van der Waals surface area contributed by atoms with Crippen LogP contribution in [-0.2, 0) is 37.5 Å². The number of hydrogen-bond acceptors (Lipinski definition) is 8. The van der Waals surface area contributed by atoms with E-state index in [0.717, 1.165) is 17.7 Å². The van der Waals surface area contributed by atoms with Crippen molar-refractivity contribution < 1.29 is 37.2 Å². The van der Waals surface area contributed by atoms with Crippen LogP contribution in [0.3, 0.4) is 0 Å². The highest BCUT2D eigenvalue weighted by Gasteiger charge is 2.40. The molecule has 0 radical (unpaired) electrons. The number of amides is 2. The highest BCUT2D eigenvalue weighted by atomic mass is 19.2. The van der Waals surface area contributed by atoms with E-state index in [1.807, 2.05) is 0 Å². The van der Waals surface area contributed by atoms with Crippen molar-refractivity contribution in [1.29, 1.82) is 0 Å². The van der Waals surface area contributed by atoms with Crippen LogP contribution in [-0.4, -0.2) is 72.9 Å². The lowest BCUT2D eigenvalue weighted by Gasteiger charge is -2.23. The Labute approximate surface area is 242 Å². The summed E-state index contributed by atoms with van der Waals surface area (Å²) in [4.78, 5) is 40.4. The number of nitrogens with zero attached hydrogens (tertiary/aromatic N) is 1. The summed E-state index contributed by atoms with van der Waals surface area (Å²) in [5.74, 6) is -6.10. The van der Waals surface area contributed by atoms with Gasteiger partial charge < -0.3 is 37.1 Å². The lowest BCUT2D eigenvalue weighted by Crippen LogP contribution is -2.50. The van der Waals surface area contributed by atoms with E-state index in [0.29, 0.717) is 24.1 Å². The Morgan fingerprint density at radius 1 is 1.05 bits per heavy atom. The third-order valence-corrected chi connectivity index (χ3v) is 7.16. The number of carbonyl (C=O) groups is 3. The summed E-state index contributed by atoms with van der Waals surface area (Å²) in [7, 11) is -1.18. The average molecular weight is 591 g/mol. The second-order valence-corrected chi connectivity index (χ2v) is 10.8. The molecule has 0 aliphatic carbocycles. The first-order valence-electron chi connectivity index (χ1n) is 13.7. The van der Waals surface area contributed by atoms with Crippen molar-refractivity contribution >= 4 is 30.2 Å². The van der Waals surface area contributed by atoms with Crippen LogP contribution in [0.1, 0.15) is 43.4 Å². The molecule has 0 saturated carbocycles. The van der Waals surface area contributed by atoms with Gasteiger partial charge in [0.2, 0.25) is 11.8 Å². The fourth-order valence-corrected chi connectivity index (χ4v) is 4.93. The van der Waals surface area contributed by atoms with Crippen molar-refractivity contribution in [2.75, 3.05) is 26.2 Å². The van der Waals surface area contributed by atoms with Crippen LogP contribution in [0.15, 0.2) is 30.3 Å². The molecule has 2 aromatic carbocycles. The van der Waals surface area contributed by atoms with Crippen LogP contribution in [0.5, 0.6) is 0 Å². The molecule has 0 fully saturated rings. The molecule has 0 saturated heterocycles. The minimum atomic E-state index is -1.66. The first-order chi connectivity index (χ1) is 19.8. The van der Waals surface area contributed by atoms with E-state index >= 15 is 0 Å². The van der Waals surface area contributed by atoms with Gasteiger partial charge in [-0.2, -0.15) is 0 Å². The van der Waals surface area contributed by atoms with Gasteiger partial charge in [0.15, 0.2) is 23.2 Å². The van der Waals surface area contributed by atoms with Gasteiger partial charge in [-0.25, -0.2) is 13.2 Å². The highest BCUT2D eigenvalue weighted by molar-refractivity contribution is 6.62. The van der Waals surface area contributed by atoms with E-state index < -0.39 is 53.9 Å². The van der Waals surface area contributed by atoms with Gasteiger partial charge in [0.1, 0.15) is 0 Å². The molecule has 2 aromatic rings. The van der Waals surface area contributed by atoms with Gasteiger partial charge in [-0.3, -0.25) is 14.4 Å². The van der Waals surface area contributed by atoms with Gasteiger partial charge in [0.25, 0.3) is 0 Å². The molecular formula is C28H37BF3N5O5. The van der Waals surface area contributed by atoms with Crippen molar-refractivity contribution in [3.63, 3.8) is 0 Å². The number of hydrogen-bond donors (Lipinski definition) is 5. The van der Waals surface area contributed by atoms with Crippen molar-refractivity contribution in [1.82, 2.24) is 10.2 Å². The summed E-state index contributed by atoms with van der Waals surface area (Å²) in [6, 6.07) is 4.06. The van der Waals surface area contributed by atoms with Crippen LogP contribution < -0.4 is 28.0 Å². The number of nitrogens with one attached hydrogen (secondary N) is 1. The zero-order chi connectivity index (χ0) is 31.2. The maximum atomic E-state index is 13.9. The predicted octanol–water partition coefficient (Wildman–Crippen LogP) is -0.251. The molecule has 1 aliphatic heterocycles. The van der Waals surface area contributed by atoms with Crippen molar-refractivity contribution in [2.24, 2.45) is 17.2 Å². The van der Waals surface area contributed by atoms with Gasteiger partial charge in [-0.05, 0) is 61.0 Å². The SMILES string of the molecule is CC1(C)OB(O)c2cc(CC(=O)[C@@H](Cc3cc(F)c(F)c(F)c3)NC(=O)[C@@H](N)CCC(=O)N(CCN)CCN)ccc21. The van der Waals surface area contributed by atoms with E-state index in [1.54, 1.807) is 32.0 Å². The van der Waals surface area contributed by atoms with Crippen molar-refractivity contribution in [3.8, 4) is 0 Å². The van der Waals surface area contributed by atoms with E-state index in [9.17, 15) is 32.6 Å². The van der Waals surface area contributed by atoms with Crippen LogP contribution in [0, 0.1) is 17.5 Å². The zero-order valence-corrected chi connectivity index (χ0v) is 23.7. The number of nitrogens with two attached hydrogens (primary N) is 3. The van der Waals surface area contributed by atoms with E-state index in [4.69, 9.17) is 21.9 Å². The van der Waals surface area contributed by atoms with E-state index in [1.165, 1.54) is 4.90 Å². The lowest BCUT2D eigenvalue weighted by atomic mass is 9.77. The summed E-state index contributed by atoms with van der Waals surface area (Å²) >= 11 is 0. The average Bonchev–Trinajstić information content (AvgIpc) is 3.16. The van der Waals surface area contributed by atoms with Crippen molar-refractivity contribution in [2.45, 2.75) is 57.2 Å². The molecule has 228 valence electrons. The summed E-state index contributed by atoms with van der Waals surface area (Å²) in [5, 5.41) is 12.8. The Bertz CT molecular complexity index is 1290. The molecule has 2 atom stereocenters. The van der Waals surface area contributed by atoms with Crippen LogP contribution in [0.2, 0.25) is 0 Å². The first-order valence-corrected chi connectivity index (χ1v) is 13.7. The lowest BCUT2D eigenvalue weighted by molar-refractivity contribution is -0.132. The highest BCUT2D eigenvalue weighted by Crippen LogP contribution is 2.30. The molecule has 14 heteroatoms. The van der Waals surface area contributed by atoms with Gasteiger partial charge in [0.05, 0.1) is 17.7 Å². The standard InChI is InChI=1S/C28H37BF3N5O5/c1-28(2)18-4-3-16(11-19(18)29(41)42-28)15-24(38)23(14-17-12-20(30)26(32)21(31)13-17)36-27(40)22(35)5-6-25(39)37(9-7-33)10-8-34/h3-4,11-13,22-23,41H,5-10,14-15,33-35H2,1-2H3,(H,36,40)/t22-,23+/m0/s1. The van der Waals surface area contributed by atoms with E-state index in [2.05, 4.69) is 5.32 Å². The second-order valence-electron chi connectivity index (χ2n) is 10.8. The fraction of sp³-hybridized carbons (Fsp3) is 0.464. The molecule has 8 N–H and O–H groups in total. The Morgan fingerprint density at radius 3 is 2.26 bits per heavy atom. The van der Waals surface area contributed by atoms with Gasteiger partial charge >= 0.3 is 7.12 Å². The topological polar surface area (TPSA) is 174 Å². The van der Waals surface area contributed by atoms with Gasteiger partial charge in [-0.1, -0.05) is 18.2 Å². The van der Waals surface area contributed by atoms with Gasteiger partial charge in [0, 0.05) is 39.0 Å². The molecule has 3 rings (SSSR count). The molecule has 0 aromatic heterocycles. The van der Waals surface area contributed by atoms with Gasteiger partial charge in [-0.15, -0.1) is 0 Å². The van der Waals surface area contributed by atoms with Crippen LogP contribution >= 0.6 is 0 Å². The number of benzene rings is 2. The minimum absolute atomic E-state index is 0.0461. The number of rotatable bonds is 14. The Balaban J connectivity index is 1.77. The summed E-state index contributed by atoms with van der Waals surface area (Å²) in [5.41, 5.74) is 18.1. The summed E-state index contributed by atoms with van der Waals surface area (Å²) in [6.07, 6.45) is -0.680. The number of ketones is 1. The number of carbonyl (C=O) groups excluding carboxylic acids is 3. The molecule has 10 nitrogen and oxygen atoms in total. The predicted molar refractivity (Wildman–Crippen MR) is 151 cm³/mol. The van der Waals surface area contributed by atoms with Crippen molar-refractivity contribution in [3.05, 3.63) is 64.5 Å². The third kappa shape index (κ3) is 8.16. The Hall–Kier alpha value is -3.30. The quantitative estimate of drug-likeness (QED) is 0.148. The maximum Gasteiger partial charge on any atom is 0.492 e. The smallest absolute Gasteiger partial charge is 0.423 e. The number of Topliss-reactive ketones (excluding diaryl/α,β-unsaturated/α-hetero) is 1. The number of halogens is 3. The maximum absolute atomic E-state index is 13.9. The largest absolute Gasteiger partial charge is 0.492 e. The molecule has 0 bridgehead atoms. The van der Waals surface area contributed by atoms with Crippen LogP contribution in [0.4, 0.5) is 13.2 Å². The fourth-order valence-electron chi connectivity index (χ4n) is 4.93. The summed E-state index contributed by atoms with van der Waals surface area (Å²) in [6.45, 7) is 4.65. The molecule has 0 spiro atoms. The molecule has 42 heavy (non-hydrogen) atoms. The minimum Gasteiger partial charge on any atom is -0.423 e. The molecule has 0 unspecified atom stereocenters.